The molecule has 1 heterocycles. The molecule has 0 aliphatic carbocycles. The third-order valence-corrected chi connectivity index (χ3v) is 2.73. The highest BCUT2D eigenvalue weighted by molar-refractivity contribution is 9.10. The highest BCUT2D eigenvalue weighted by Gasteiger charge is 2.03. The van der Waals surface area contributed by atoms with Crippen LogP contribution in [0.1, 0.15) is 12.6 Å². The van der Waals surface area contributed by atoms with Gasteiger partial charge >= 0.3 is 0 Å². The maximum Gasteiger partial charge on any atom is 0.226 e. The molecule has 1 N–H and O–H groups in total. The molecule has 2 aromatic rings. The first-order valence-corrected chi connectivity index (χ1v) is 6.49. The third-order valence-electron chi connectivity index (χ3n) is 2.20. The molecule has 0 atom stereocenters. The van der Waals surface area contributed by atoms with Gasteiger partial charge < -0.3 is 10.1 Å². The number of ether oxygens (including phenoxy) is 1. The van der Waals surface area contributed by atoms with Crippen molar-refractivity contribution >= 4 is 21.9 Å². The first kappa shape index (κ1) is 12.8. The molecule has 18 heavy (non-hydrogen) atoms. The average Bonchev–Trinajstić information content (AvgIpc) is 2.32. The van der Waals surface area contributed by atoms with Crippen LogP contribution >= 0.6 is 15.9 Å². The topological polar surface area (TPSA) is 47.0 Å². The second-order valence-corrected chi connectivity index (χ2v) is 4.67. The van der Waals surface area contributed by atoms with E-state index in [0.29, 0.717) is 11.8 Å². The van der Waals surface area contributed by atoms with Gasteiger partial charge in [0.2, 0.25) is 11.8 Å². The van der Waals surface area contributed by atoms with Crippen LogP contribution in [0.15, 0.2) is 34.8 Å². The summed E-state index contributed by atoms with van der Waals surface area (Å²) in [4.78, 5) is 8.55. The Hall–Kier alpha value is -1.62. The Morgan fingerprint density at radius 1 is 1.22 bits per heavy atom. The van der Waals surface area contributed by atoms with Crippen LogP contribution in [0.3, 0.4) is 0 Å². The minimum absolute atomic E-state index is 0.542. The molecule has 0 spiro atoms. The lowest BCUT2D eigenvalue weighted by Crippen LogP contribution is -2.03. The fourth-order valence-electron chi connectivity index (χ4n) is 1.45. The van der Waals surface area contributed by atoms with Crippen molar-refractivity contribution in [3.05, 3.63) is 40.5 Å². The predicted octanol–water partition coefficient (Wildman–Crippen LogP) is 3.77. The molecule has 1 aromatic carbocycles. The monoisotopic (exact) mass is 307 g/mol. The summed E-state index contributed by atoms with van der Waals surface area (Å²) >= 11 is 3.38. The number of benzene rings is 1. The lowest BCUT2D eigenvalue weighted by atomic mass is 10.3. The molecular formula is C13H14BrN3O. The molecule has 0 radical (unpaired) electrons. The molecule has 0 bridgehead atoms. The van der Waals surface area contributed by atoms with E-state index in [2.05, 4.69) is 31.2 Å². The number of nitrogens with one attached hydrogen (secondary N) is 1. The highest BCUT2D eigenvalue weighted by Crippen LogP contribution is 2.22. The van der Waals surface area contributed by atoms with Gasteiger partial charge in [-0.3, -0.25) is 0 Å². The maximum absolute atomic E-state index is 5.69. The maximum atomic E-state index is 5.69. The minimum atomic E-state index is 0.542. The molecule has 0 aliphatic heterocycles. The number of halogens is 1. The SMILES string of the molecule is CCNc1nc(C)cc(Oc2ccc(Br)cc2)n1. The van der Waals surface area contributed by atoms with E-state index in [1.165, 1.54) is 0 Å². The molecule has 94 valence electrons. The molecule has 0 unspecified atom stereocenters. The van der Waals surface area contributed by atoms with E-state index in [0.717, 1.165) is 22.5 Å². The summed E-state index contributed by atoms with van der Waals surface area (Å²) in [5.41, 5.74) is 0.869. The molecule has 1 aromatic heterocycles. The molecular weight excluding hydrogens is 294 g/mol. The summed E-state index contributed by atoms with van der Waals surface area (Å²) in [6.07, 6.45) is 0. The van der Waals surface area contributed by atoms with Crippen molar-refractivity contribution in [1.29, 1.82) is 0 Å². The Morgan fingerprint density at radius 2 is 1.94 bits per heavy atom. The molecule has 0 aliphatic rings. The highest BCUT2D eigenvalue weighted by atomic mass is 79.9. The van der Waals surface area contributed by atoms with Crippen LogP contribution in [-0.4, -0.2) is 16.5 Å². The van der Waals surface area contributed by atoms with Crippen molar-refractivity contribution in [2.24, 2.45) is 0 Å². The number of hydrogen-bond acceptors (Lipinski definition) is 4. The van der Waals surface area contributed by atoms with Crippen LogP contribution in [0.2, 0.25) is 0 Å². The smallest absolute Gasteiger partial charge is 0.226 e. The summed E-state index contributed by atoms with van der Waals surface area (Å²) in [6.45, 7) is 4.69. The average molecular weight is 308 g/mol. The Balaban J connectivity index is 2.20. The lowest BCUT2D eigenvalue weighted by Gasteiger charge is -2.08. The summed E-state index contributed by atoms with van der Waals surface area (Å²) in [5, 5.41) is 3.07. The molecule has 0 fully saturated rings. The van der Waals surface area contributed by atoms with Gasteiger partial charge in [-0.1, -0.05) is 15.9 Å². The van der Waals surface area contributed by atoms with Gasteiger partial charge in [-0.2, -0.15) is 4.98 Å². The largest absolute Gasteiger partial charge is 0.439 e. The fourth-order valence-corrected chi connectivity index (χ4v) is 1.72. The number of rotatable bonds is 4. The number of anilines is 1. The van der Waals surface area contributed by atoms with E-state index in [1.54, 1.807) is 0 Å². The van der Waals surface area contributed by atoms with E-state index in [-0.39, 0.29) is 0 Å². The molecule has 0 saturated heterocycles. The second-order valence-electron chi connectivity index (χ2n) is 3.76. The first-order valence-electron chi connectivity index (χ1n) is 5.70. The molecule has 5 heteroatoms. The molecule has 0 amide bonds. The zero-order valence-corrected chi connectivity index (χ0v) is 11.9. The summed E-state index contributed by atoms with van der Waals surface area (Å²) in [6, 6.07) is 9.43. The number of nitrogens with zero attached hydrogens (tertiary/aromatic N) is 2. The van der Waals surface area contributed by atoms with E-state index in [9.17, 15) is 0 Å². The number of hydrogen-bond donors (Lipinski definition) is 1. The van der Waals surface area contributed by atoms with Gasteiger partial charge in [-0.05, 0) is 38.1 Å². The molecule has 4 nitrogen and oxygen atoms in total. The quantitative estimate of drug-likeness (QED) is 0.934. The van der Waals surface area contributed by atoms with Gasteiger partial charge in [0.05, 0.1) is 0 Å². The summed E-state index contributed by atoms with van der Waals surface area (Å²) < 4.78 is 6.71. The van der Waals surface area contributed by atoms with Crippen LogP contribution in [0.5, 0.6) is 11.6 Å². The van der Waals surface area contributed by atoms with E-state index < -0.39 is 0 Å². The Bertz CT molecular complexity index is 528. The van der Waals surface area contributed by atoms with Gasteiger partial charge in [-0.25, -0.2) is 4.98 Å². The van der Waals surface area contributed by atoms with E-state index >= 15 is 0 Å². The van der Waals surface area contributed by atoms with Crippen LogP contribution in [0.25, 0.3) is 0 Å². The Morgan fingerprint density at radius 3 is 2.61 bits per heavy atom. The van der Waals surface area contributed by atoms with Crippen molar-refractivity contribution in [2.45, 2.75) is 13.8 Å². The molecule has 0 saturated carbocycles. The zero-order chi connectivity index (χ0) is 13.0. The standard InChI is InChI=1S/C13H14BrN3O/c1-3-15-13-16-9(2)8-12(17-13)18-11-6-4-10(14)5-7-11/h4-8H,3H2,1-2H3,(H,15,16,17). The van der Waals surface area contributed by atoms with Crippen molar-refractivity contribution in [3.63, 3.8) is 0 Å². The lowest BCUT2D eigenvalue weighted by molar-refractivity contribution is 0.461. The Kier molecular flexibility index (Phi) is 4.15. The second kappa shape index (κ2) is 5.82. The molecule has 2 rings (SSSR count). The number of aryl methyl sites for hydroxylation is 1. The summed E-state index contributed by atoms with van der Waals surface area (Å²) in [7, 11) is 0. The van der Waals surface area contributed by atoms with Crippen molar-refractivity contribution in [2.75, 3.05) is 11.9 Å². The van der Waals surface area contributed by atoms with Crippen molar-refractivity contribution in [3.8, 4) is 11.6 Å². The van der Waals surface area contributed by atoms with E-state index in [1.807, 2.05) is 44.2 Å². The van der Waals surface area contributed by atoms with Gasteiger partial charge in [0, 0.05) is 22.8 Å². The fraction of sp³-hybridized carbons (Fsp3) is 0.231. The minimum Gasteiger partial charge on any atom is -0.439 e. The summed E-state index contributed by atoms with van der Waals surface area (Å²) in [5.74, 6) is 1.88. The first-order chi connectivity index (χ1) is 8.67. The number of aromatic nitrogens is 2. The van der Waals surface area contributed by atoms with Crippen LogP contribution in [-0.2, 0) is 0 Å². The Labute approximate surface area is 115 Å². The normalized spacial score (nSPS) is 10.2. The van der Waals surface area contributed by atoms with Gasteiger partial charge in [0.25, 0.3) is 0 Å². The van der Waals surface area contributed by atoms with Gasteiger partial charge in [-0.15, -0.1) is 0 Å². The van der Waals surface area contributed by atoms with E-state index in [4.69, 9.17) is 4.74 Å². The van der Waals surface area contributed by atoms with Crippen LogP contribution in [0.4, 0.5) is 5.95 Å². The zero-order valence-electron chi connectivity index (χ0n) is 10.3. The van der Waals surface area contributed by atoms with Crippen molar-refractivity contribution in [1.82, 2.24) is 9.97 Å². The van der Waals surface area contributed by atoms with Gasteiger partial charge in [0.1, 0.15) is 5.75 Å². The van der Waals surface area contributed by atoms with Crippen molar-refractivity contribution < 1.29 is 4.74 Å². The van der Waals surface area contributed by atoms with Gasteiger partial charge in [0.15, 0.2) is 0 Å². The van der Waals surface area contributed by atoms with Crippen LogP contribution < -0.4 is 10.1 Å². The van der Waals surface area contributed by atoms with Crippen LogP contribution in [0, 0.1) is 6.92 Å². The third kappa shape index (κ3) is 3.43. The predicted molar refractivity (Wildman–Crippen MR) is 75.1 cm³/mol.